The highest BCUT2D eigenvalue weighted by Gasteiger charge is 2.01. The van der Waals surface area contributed by atoms with Gasteiger partial charge >= 0.3 is 0 Å². The Morgan fingerprint density at radius 1 is 1.21 bits per heavy atom. The van der Waals surface area contributed by atoms with Crippen molar-refractivity contribution in [2.75, 3.05) is 27.4 Å². The molecule has 0 aliphatic rings. The molecule has 0 saturated heterocycles. The van der Waals surface area contributed by atoms with Crippen LogP contribution in [0.4, 0.5) is 0 Å². The van der Waals surface area contributed by atoms with Crippen molar-refractivity contribution in [3.05, 3.63) is 22.7 Å². The van der Waals surface area contributed by atoms with E-state index in [1.54, 1.807) is 14.2 Å². The molecule has 0 heterocycles. The van der Waals surface area contributed by atoms with Gasteiger partial charge in [0.05, 0.1) is 18.2 Å². The van der Waals surface area contributed by atoms with Gasteiger partial charge in [-0.3, -0.25) is 0 Å². The van der Waals surface area contributed by atoms with Crippen LogP contribution >= 0.6 is 15.9 Å². The van der Waals surface area contributed by atoms with Crippen LogP contribution < -0.4 is 9.47 Å². The predicted molar refractivity (Wildman–Crippen MR) is 58.1 cm³/mol. The van der Waals surface area contributed by atoms with Crippen molar-refractivity contribution in [2.45, 2.75) is 0 Å². The summed E-state index contributed by atoms with van der Waals surface area (Å²) in [6.07, 6.45) is 0. The van der Waals surface area contributed by atoms with Crippen LogP contribution in [0.15, 0.2) is 22.7 Å². The molecule has 0 bridgehead atoms. The first kappa shape index (κ1) is 11.3. The fourth-order valence-corrected chi connectivity index (χ4v) is 1.50. The van der Waals surface area contributed by atoms with Gasteiger partial charge in [0.1, 0.15) is 18.1 Å². The number of benzene rings is 1. The Kier molecular flexibility index (Phi) is 4.76. The first-order valence-electron chi connectivity index (χ1n) is 4.23. The third kappa shape index (κ3) is 3.20. The summed E-state index contributed by atoms with van der Waals surface area (Å²) in [5.41, 5.74) is 0. The van der Waals surface area contributed by atoms with E-state index in [1.165, 1.54) is 0 Å². The summed E-state index contributed by atoms with van der Waals surface area (Å²) in [7, 11) is 3.28. The van der Waals surface area contributed by atoms with Gasteiger partial charge in [0.25, 0.3) is 0 Å². The monoisotopic (exact) mass is 260 g/mol. The van der Waals surface area contributed by atoms with E-state index in [0.717, 1.165) is 16.0 Å². The van der Waals surface area contributed by atoms with E-state index >= 15 is 0 Å². The second-order valence-electron chi connectivity index (χ2n) is 2.64. The lowest BCUT2D eigenvalue weighted by Gasteiger charge is -2.07. The minimum absolute atomic E-state index is 0.551. The maximum atomic E-state index is 5.42. The number of ether oxygens (including phenoxy) is 3. The summed E-state index contributed by atoms with van der Waals surface area (Å²) >= 11 is 3.38. The zero-order valence-electron chi connectivity index (χ0n) is 8.25. The van der Waals surface area contributed by atoms with Gasteiger partial charge in [-0.05, 0) is 34.1 Å². The lowest BCUT2D eigenvalue weighted by Crippen LogP contribution is -2.04. The number of hydrogen-bond donors (Lipinski definition) is 0. The number of methoxy groups -OCH3 is 2. The molecule has 4 heteroatoms. The fraction of sp³-hybridized carbons (Fsp3) is 0.400. The maximum Gasteiger partial charge on any atom is 0.133 e. The summed E-state index contributed by atoms with van der Waals surface area (Å²) in [5, 5.41) is 0. The van der Waals surface area contributed by atoms with E-state index in [2.05, 4.69) is 15.9 Å². The highest BCUT2D eigenvalue weighted by Crippen LogP contribution is 2.28. The summed E-state index contributed by atoms with van der Waals surface area (Å²) in [6, 6.07) is 5.58. The molecule has 0 radical (unpaired) electrons. The van der Waals surface area contributed by atoms with Gasteiger partial charge in [0.2, 0.25) is 0 Å². The highest BCUT2D eigenvalue weighted by atomic mass is 79.9. The lowest BCUT2D eigenvalue weighted by molar-refractivity contribution is 0.146. The van der Waals surface area contributed by atoms with Crippen molar-refractivity contribution in [3.8, 4) is 11.5 Å². The van der Waals surface area contributed by atoms with Crippen molar-refractivity contribution in [2.24, 2.45) is 0 Å². The summed E-state index contributed by atoms with van der Waals surface area (Å²) < 4.78 is 16.3. The molecule has 0 aromatic heterocycles. The van der Waals surface area contributed by atoms with Crippen LogP contribution in [-0.4, -0.2) is 27.4 Å². The molecule has 78 valence electrons. The van der Waals surface area contributed by atoms with Crippen molar-refractivity contribution < 1.29 is 14.2 Å². The Morgan fingerprint density at radius 3 is 2.57 bits per heavy atom. The third-order valence-corrected chi connectivity index (χ3v) is 2.30. The van der Waals surface area contributed by atoms with Gasteiger partial charge in [-0.15, -0.1) is 0 Å². The van der Waals surface area contributed by atoms with E-state index in [1.807, 2.05) is 18.2 Å². The van der Waals surface area contributed by atoms with E-state index in [0.29, 0.717) is 13.2 Å². The van der Waals surface area contributed by atoms with Gasteiger partial charge in [-0.25, -0.2) is 0 Å². The fourth-order valence-electron chi connectivity index (χ4n) is 0.980. The normalized spacial score (nSPS) is 9.93. The Bertz CT molecular complexity index is 289. The van der Waals surface area contributed by atoms with Crippen LogP contribution in [0.25, 0.3) is 0 Å². The van der Waals surface area contributed by atoms with E-state index in [4.69, 9.17) is 14.2 Å². The highest BCUT2D eigenvalue weighted by molar-refractivity contribution is 9.10. The van der Waals surface area contributed by atoms with Crippen molar-refractivity contribution in [1.29, 1.82) is 0 Å². The lowest BCUT2D eigenvalue weighted by atomic mass is 10.3. The zero-order chi connectivity index (χ0) is 10.4. The molecule has 0 aliphatic carbocycles. The number of halogens is 1. The first-order valence-corrected chi connectivity index (χ1v) is 5.02. The van der Waals surface area contributed by atoms with Crippen LogP contribution in [0.1, 0.15) is 0 Å². The van der Waals surface area contributed by atoms with Gasteiger partial charge in [-0.2, -0.15) is 0 Å². The molecule has 0 aliphatic heterocycles. The molecule has 1 aromatic carbocycles. The predicted octanol–water partition coefficient (Wildman–Crippen LogP) is 2.48. The van der Waals surface area contributed by atoms with Gasteiger partial charge in [0.15, 0.2) is 0 Å². The molecule has 0 amide bonds. The van der Waals surface area contributed by atoms with E-state index < -0.39 is 0 Å². The largest absolute Gasteiger partial charge is 0.496 e. The molecule has 14 heavy (non-hydrogen) atoms. The number of hydrogen-bond acceptors (Lipinski definition) is 3. The molecule has 0 fully saturated rings. The molecular weight excluding hydrogens is 248 g/mol. The topological polar surface area (TPSA) is 27.7 Å². The standard InChI is InChI=1S/C10H13BrO3/c1-12-5-6-14-8-3-4-10(13-2)9(11)7-8/h3-4,7H,5-6H2,1-2H3. The van der Waals surface area contributed by atoms with Crippen LogP contribution in [0.2, 0.25) is 0 Å². The maximum absolute atomic E-state index is 5.42. The summed E-state index contributed by atoms with van der Waals surface area (Å²) in [5.74, 6) is 1.60. The Morgan fingerprint density at radius 2 is 2.00 bits per heavy atom. The SMILES string of the molecule is COCCOc1ccc(OC)c(Br)c1. The van der Waals surface area contributed by atoms with Crippen LogP contribution in [0.3, 0.4) is 0 Å². The van der Waals surface area contributed by atoms with Gasteiger partial charge < -0.3 is 14.2 Å². The molecule has 0 unspecified atom stereocenters. The van der Waals surface area contributed by atoms with Crippen molar-refractivity contribution in [3.63, 3.8) is 0 Å². The molecule has 1 rings (SSSR count). The van der Waals surface area contributed by atoms with Crippen LogP contribution in [-0.2, 0) is 4.74 Å². The van der Waals surface area contributed by atoms with Crippen LogP contribution in [0.5, 0.6) is 11.5 Å². The van der Waals surface area contributed by atoms with Crippen LogP contribution in [0, 0.1) is 0 Å². The molecular formula is C10H13BrO3. The molecule has 0 N–H and O–H groups in total. The molecule has 0 atom stereocenters. The van der Waals surface area contributed by atoms with Crippen molar-refractivity contribution >= 4 is 15.9 Å². The zero-order valence-corrected chi connectivity index (χ0v) is 9.83. The Balaban J connectivity index is 2.57. The smallest absolute Gasteiger partial charge is 0.133 e. The average molecular weight is 261 g/mol. The summed E-state index contributed by atoms with van der Waals surface area (Å²) in [6.45, 7) is 1.14. The second-order valence-corrected chi connectivity index (χ2v) is 3.49. The average Bonchev–Trinajstić information content (AvgIpc) is 2.18. The number of rotatable bonds is 5. The van der Waals surface area contributed by atoms with Crippen molar-refractivity contribution in [1.82, 2.24) is 0 Å². The first-order chi connectivity index (χ1) is 6.77. The summed E-state index contributed by atoms with van der Waals surface area (Å²) in [4.78, 5) is 0. The quantitative estimate of drug-likeness (QED) is 0.762. The molecule has 0 saturated carbocycles. The van der Waals surface area contributed by atoms with Gasteiger partial charge in [0, 0.05) is 7.11 Å². The van der Waals surface area contributed by atoms with Gasteiger partial charge in [-0.1, -0.05) is 0 Å². The third-order valence-electron chi connectivity index (χ3n) is 1.68. The molecule has 0 spiro atoms. The minimum atomic E-state index is 0.551. The van der Waals surface area contributed by atoms with E-state index in [-0.39, 0.29) is 0 Å². The second kappa shape index (κ2) is 5.88. The molecule has 1 aromatic rings. The van der Waals surface area contributed by atoms with E-state index in [9.17, 15) is 0 Å². The Labute approximate surface area is 92.1 Å². The molecule has 3 nitrogen and oxygen atoms in total. The minimum Gasteiger partial charge on any atom is -0.496 e. The Hall–Kier alpha value is -0.740.